The van der Waals surface area contributed by atoms with Crippen LogP contribution in [0.1, 0.15) is 54.4 Å². The highest BCUT2D eigenvalue weighted by atomic mass is 16.1. The van der Waals surface area contributed by atoms with Gasteiger partial charge >= 0.3 is 0 Å². The quantitative estimate of drug-likeness (QED) is 0.769. The minimum atomic E-state index is -0.416. The number of hydrogen-bond acceptors (Lipinski definition) is 3. The topological polar surface area (TPSA) is 72.2 Å². The third-order valence-corrected chi connectivity index (χ3v) is 2.34. The molecule has 1 amide bonds. The van der Waals surface area contributed by atoms with E-state index in [1.54, 1.807) is 0 Å². The summed E-state index contributed by atoms with van der Waals surface area (Å²) in [5, 5.41) is 3.26. The van der Waals surface area contributed by atoms with Crippen molar-refractivity contribution in [3.63, 3.8) is 0 Å². The van der Waals surface area contributed by atoms with E-state index in [0.29, 0.717) is 6.42 Å². The zero-order valence-corrected chi connectivity index (χ0v) is 11.9. The second-order valence-corrected chi connectivity index (χ2v) is 6.57. The summed E-state index contributed by atoms with van der Waals surface area (Å²) < 4.78 is 0. The number of hydrogen-bond donors (Lipinski definition) is 2. The van der Waals surface area contributed by atoms with Crippen molar-refractivity contribution in [3.05, 3.63) is 0 Å². The normalized spacial score (nSPS) is 14.5. The van der Waals surface area contributed by atoms with Gasteiger partial charge < -0.3 is 11.1 Å². The lowest BCUT2D eigenvalue weighted by Crippen LogP contribution is -2.51. The van der Waals surface area contributed by atoms with Gasteiger partial charge in [-0.05, 0) is 27.2 Å². The molecule has 4 nitrogen and oxygen atoms in total. The number of Topliss-reactive ketones (excluding diaryl/α,β-unsaturated/α-hetero) is 1. The van der Waals surface area contributed by atoms with Crippen molar-refractivity contribution in [2.45, 2.75) is 66.0 Å². The first-order chi connectivity index (χ1) is 7.43. The first-order valence-corrected chi connectivity index (χ1v) is 6.04. The molecule has 17 heavy (non-hydrogen) atoms. The van der Waals surface area contributed by atoms with Crippen molar-refractivity contribution in [2.24, 2.45) is 11.1 Å². The van der Waals surface area contributed by atoms with Gasteiger partial charge in [-0.15, -0.1) is 0 Å². The highest BCUT2D eigenvalue weighted by Crippen LogP contribution is 2.20. The molecule has 0 fully saturated rings. The molecule has 0 aliphatic rings. The maximum atomic E-state index is 12.2. The summed E-state index contributed by atoms with van der Waals surface area (Å²) in [6, 6.07) is -0.317. The molecule has 1 atom stereocenters. The summed E-state index contributed by atoms with van der Waals surface area (Å²) in [5.74, 6) is -0.249. The Balaban J connectivity index is 4.73. The van der Waals surface area contributed by atoms with Crippen LogP contribution in [0.3, 0.4) is 0 Å². The Labute approximate surface area is 104 Å². The molecule has 0 saturated carbocycles. The number of nitrogens with two attached hydrogens (primary N) is 1. The van der Waals surface area contributed by atoms with Crippen LogP contribution in [0.2, 0.25) is 0 Å². The molecule has 0 rings (SSSR count). The molecule has 0 aliphatic carbocycles. The van der Waals surface area contributed by atoms with Gasteiger partial charge in [0.2, 0.25) is 5.91 Å². The Morgan fingerprint density at radius 1 is 1.12 bits per heavy atom. The molecule has 0 aromatic rings. The summed E-state index contributed by atoms with van der Waals surface area (Å²) in [6.07, 6.45) is 0.693. The number of carbonyl (C=O) groups is 2. The van der Waals surface area contributed by atoms with Gasteiger partial charge in [-0.1, -0.05) is 20.8 Å². The molecule has 3 N–H and O–H groups in total. The van der Waals surface area contributed by atoms with Gasteiger partial charge in [-0.3, -0.25) is 9.59 Å². The van der Waals surface area contributed by atoms with E-state index in [4.69, 9.17) is 5.73 Å². The molecule has 0 spiro atoms. The Morgan fingerprint density at radius 3 is 1.88 bits per heavy atom. The maximum absolute atomic E-state index is 12.2. The zero-order valence-electron chi connectivity index (χ0n) is 11.9. The fourth-order valence-corrected chi connectivity index (χ4v) is 1.60. The van der Waals surface area contributed by atoms with Crippen molar-refractivity contribution >= 4 is 11.7 Å². The van der Waals surface area contributed by atoms with Crippen LogP contribution in [0.15, 0.2) is 0 Å². The van der Waals surface area contributed by atoms with E-state index < -0.39 is 5.41 Å². The number of carbonyl (C=O) groups excluding carboxylic acids is 2. The Hall–Kier alpha value is -0.900. The monoisotopic (exact) mass is 242 g/mol. The average Bonchev–Trinajstić information content (AvgIpc) is 2.07. The number of rotatable bonds is 5. The van der Waals surface area contributed by atoms with Crippen LogP contribution in [-0.2, 0) is 9.59 Å². The lowest BCUT2D eigenvalue weighted by Gasteiger charge is -2.31. The van der Waals surface area contributed by atoms with Crippen LogP contribution >= 0.6 is 0 Å². The largest absolute Gasteiger partial charge is 0.370 e. The molecular formula is C13H26N2O2. The molecule has 0 saturated heterocycles. The molecule has 0 radical (unpaired) electrons. The maximum Gasteiger partial charge on any atom is 0.217 e. The zero-order chi connectivity index (χ0) is 13.9. The van der Waals surface area contributed by atoms with E-state index in [1.165, 1.54) is 0 Å². The average molecular weight is 242 g/mol. The minimum Gasteiger partial charge on any atom is -0.370 e. The summed E-state index contributed by atoms with van der Waals surface area (Å²) >= 11 is 0. The van der Waals surface area contributed by atoms with Gasteiger partial charge in [-0.25, -0.2) is 0 Å². The van der Waals surface area contributed by atoms with Gasteiger partial charge in [0.25, 0.3) is 0 Å². The smallest absolute Gasteiger partial charge is 0.217 e. The summed E-state index contributed by atoms with van der Waals surface area (Å²) in [5.41, 5.74) is 4.56. The van der Waals surface area contributed by atoms with Gasteiger partial charge in [0.1, 0.15) is 0 Å². The molecule has 0 aromatic heterocycles. The molecule has 0 heterocycles. The predicted molar refractivity (Wildman–Crippen MR) is 69.6 cm³/mol. The fourth-order valence-electron chi connectivity index (χ4n) is 1.60. The van der Waals surface area contributed by atoms with Gasteiger partial charge in [-0.2, -0.15) is 0 Å². The Bertz CT molecular complexity index is 285. The van der Waals surface area contributed by atoms with Crippen LogP contribution in [-0.4, -0.2) is 23.3 Å². The molecule has 100 valence electrons. The standard InChI is InChI=1S/C13H26N2O2/c1-12(2,3)11(17)9(7-8-10(14)16)15-13(4,5)6/h9,15H,7-8H2,1-6H3,(H2,14,16)/t9-/m0/s1. The van der Waals surface area contributed by atoms with E-state index in [1.807, 2.05) is 41.5 Å². The highest BCUT2D eigenvalue weighted by Gasteiger charge is 2.31. The SMILES string of the molecule is CC(C)(C)N[C@@H](CCC(N)=O)C(=O)C(C)(C)C. The van der Waals surface area contributed by atoms with E-state index in [2.05, 4.69) is 5.32 Å². The molecule has 4 heteroatoms. The van der Waals surface area contributed by atoms with Crippen LogP contribution < -0.4 is 11.1 Å². The lowest BCUT2D eigenvalue weighted by atomic mass is 9.84. The second-order valence-electron chi connectivity index (χ2n) is 6.57. The number of primary amides is 1. The summed E-state index contributed by atoms with van der Waals surface area (Å²) in [6.45, 7) is 11.7. The van der Waals surface area contributed by atoms with Crippen LogP contribution in [0.5, 0.6) is 0 Å². The number of amides is 1. The molecule has 0 aliphatic heterocycles. The third-order valence-electron chi connectivity index (χ3n) is 2.34. The van der Waals surface area contributed by atoms with Crippen molar-refractivity contribution in [3.8, 4) is 0 Å². The Kier molecular flexibility index (Phi) is 5.33. The lowest BCUT2D eigenvalue weighted by molar-refractivity contribution is -0.129. The van der Waals surface area contributed by atoms with Crippen LogP contribution in [0.4, 0.5) is 0 Å². The Morgan fingerprint density at radius 2 is 1.59 bits per heavy atom. The van der Waals surface area contributed by atoms with Gasteiger partial charge in [0.15, 0.2) is 5.78 Å². The highest BCUT2D eigenvalue weighted by molar-refractivity contribution is 5.89. The van der Waals surface area contributed by atoms with E-state index >= 15 is 0 Å². The van der Waals surface area contributed by atoms with Crippen molar-refractivity contribution < 1.29 is 9.59 Å². The van der Waals surface area contributed by atoms with Crippen molar-refractivity contribution in [1.82, 2.24) is 5.32 Å². The van der Waals surface area contributed by atoms with Crippen molar-refractivity contribution in [2.75, 3.05) is 0 Å². The minimum absolute atomic E-state index is 0.119. The first kappa shape index (κ1) is 16.1. The third kappa shape index (κ3) is 7.10. The second kappa shape index (κ2) is 5.63. The molecule has 0 unspecified atom stereocenters. The molecule has 0 bridgehead atoms. The molecular weight excluding hydrogens is 216 g/mol. The number of nitrogens with one attached hydrogen (secondary N) is 1. The molecule has 0 aromatic carbocycles. The van der Waals surface area contributed by atoms with Gasteiger partial charge in [0.05, 0.1) is 6.04 Å². The van der Waals surface area contributed by atoms with E-state index in [9.17, 15) is 9.59 Å². The summed E-state index contributed by atoms with van der Waals surface area (Å²) in [7, 11) is 0. The van der Waals surface area contributed by atoms with Crippen LogP contribution in [0.25, 0.3) is 0 Å². The van der Waals surface area contributed by atoms with Gasteiger partial charge in [0, 0.05) is 17.4 Å². The summed E-state index contributed by atoms with van der Waals surface area (Å²) in [4.78, 5) is 23.1. The number of ketones is 1. The first-order valence-electron chi connectivity index (χ1n) is 6.04. The van der Waals surface area contributed by atoms with Crippen molar-refractivity contribution in [1.29, 1.82) is 0 Å². The van der Waals surface area contributed by atoms with Crippen LogP contribution in [0, 0.1) is 5.41 Å². The fraction of sp³-hybridized carbons (Fsp3) is 0.846. The van der Waals surface area contributed by atoms with E-state index in [0.717, 1.165) is 0 Å². The van der Waals surface area contributed by atoms with E-state index in [-0.39, 0.29) is 29.7 Å². The predicted octanol–water partition coefficient (Wildman–Crippen LogP) is 1.62.